The number of sulfonamides is 1. The van der Waals surface area contributed by atoms with Gasteiger partial charge in [-0.1, -0.05) is 18.9 Å². The van der Waals surface area contributed by atoms with Crippen LogP contribution >= 0.6 is 0 Å². The van der Waals surface area contributed by atoms with E-state index in [1.807, 2.05) is 10.8 Å². The SMILES string of the molecule is CCC(=O)NS(=O)(=O)c1ccc(NCC#Cc2cc3c(N[C@H]4CC[C@@H](N5CC6(COC6)C5)CC4)cccc3n2CC(F)(F)F)c(OC)c1. The van der Waals surface area contributed by atoms with Gasteiger partial charge in [0.15, 0.2) is 0 Å². The maximum Gasteiger partial charge on any atom is 0.406 e. The van der Waals surface area contributed by atoms with Crippen molar-refractivity contribution in [1.29, 1.82) is 0 Å². The molecule has 3 aromatic rings. The van der Waals surface area contributed by atoms with Gasteiger partial charge in [-0.25, -0.2) is 13.1 Å². The van der Waals surface area contributed by atoms with Crippen molar-refractivity contribution >= 4 is 38.2 Å². The Morgan fingerprint density at radius 3 is 2.48 bits per heavy atom. The van der Waals surface area contributed by atoms with E-state index in [1.165, 1.54) is 36.8 Å². The van der Waals surface area contributed by atoms with Crippen LogP contribution in [0.3, 0.4) is 0 Å². The largest absolute Gasteiger partial charge is 0.495 e. The number of carbonyl (C=O) groups excluding carboxylic acids is 1. The van der Waals surface area contributed by atoms with Crippen LogP contribution in [0.2, 0.25) is 0 Å². The van der Waals surface area contributed by atoms with Gasteiger partial charge < -0.3 is 24.7 Å². The first kappa shape index (κ1) is 34.0. The average molecular weight is 688 g/mol. The van der Waals surface area contributed by atoms with Crippen LogP contribution in [-0.2, 0) is 26.1 Å². The Morgan fingerprint density at radius 1 is 1.08 bits per heavy atom. The fourth-order valence-corrected chi connectivity index (χ4v) is 7.93. The van der Waals surface area contributed by atoms with E-state index in [0.717, 1.165) is 57.7 Å². The summed E-state index contributed by atoms with van der Waals surface area (Å²) in [6, 6.07) is 11.9. The monoisotopic (exact) mass is 687 g/mol. The molecule has 2 aromatic carbocycles. The van der Waals surface area contributed by atoms with E-state index in [-0.39, 0.29) is 35.3 Å². The number of nitrogens with zero attached hydrogens (tertiary/aromatic N) is 2. The minimum Gasteiger partial charge on any atom is -0.495 e. The number of halogens is 3. The first-order valence-electron chi connectivity index (χ1n) is 16.1. The fraction of sp³-hybridized carbons (Fsp3) is 0.500. The highest BCUT2D eigenvalue weighted by molar-refractivity contribution is 7.90. The van der Waals surface area contributed by atoms with E-state index >= 15 is 0 Å². The molecule has 6 rings (SSSR count). The minimum atomic E-state index is -4.45. The summed E-state index contributed by atoms with van der Waals surface area (Å²) in [6.45, 7) is 4.39. The molecule has 0 radical (unpaired) electrons. The summed E-state index contributed by atoms with van der Waals surface area (Å²) in [4.78, 5) is 14.0. The summed E-state index contributed by atoms with van der Waals surface area (Å²) in [5.41, 5.74) is 2.29. The van der Waals surface area contributed by atoms with E-state index < -0.39 is 28.7 Å². The molecule has 2 aliphatic heterocycles. The number of amides is 1. The molecule has 3 heterocycles. The van der Waals surface area contributed by atoms with Gasteiger partial charge in [-0.05, 0) is 61.9 Å². The zero-order chi connectivity index (χ0) is 34.1. The molecule has 258 valence electrons. The van der Waals surface area contributed by atoms with Crippen LogP contribution in [0.1, 0.15) is 44.7 Å². The second-order valence-electron chi connectivity index (χ2n) is 12.9. The number of aromatic nitrogens is 1. The lowest BCUT2D eigenvalue weighted by molar-refractivity contribution is -0.200. The topological polar surface area (TPSA) is 114 Å². The Bertz CT molecular complexity index is 1830. The third-order valence-corrected chi connectivity index (χ3v) is 10.8. The maximum absolute atomic E-state index is 13.7. The molecule has 1 amide bonds. The van der Waals surface area contributed by atoms with Crippen LogP contribution in [-0.4, -0.2) is 82.0 Å². The minimum absolute atomic E-state index is 0.00568. The van der Waals surface area contributed by atoms with Gasteiger partial charge in [-0.3, -0.25) is 9.69 Å². The lowest BCUT2D eigenvalue weighted by Gasteiger charge is -2.58. The third kappa shape index (κ3) is 7.38. The van der Waals surface area contributed by atoms with Crippen LogP contribution in [0.15, 0.2) is 47.4 Å². The highest BCUT2D eigenvalue weighted by atomic mass is 32.2. The van der Waals surface area contributed by atoms with Crippen molar-refractivity contribution in [2.24, 2.45) is 5.41 Å². The van der Waals surface area contributed by atoms with Crippen molar-refractivity contribution in [2.45, 2.75) is 68.7 Å². The van der Waals surface area contributed by atoms with Crippen LogP contribution in [0.4, 0.5) is 24.5 Å². The quantitative estimate of drug-likeness (QED) is 0.257. The van der Waals surface area contributed by atoms with Gasteiger partial charge in [0, 0.05) is 54.1 Å². The normalized spacial score (nSPS) is 20.7. The number of hydrogen-bond acceptors (Lipinski definition) is 8. The Morgan fingerprint density at radius 2 is 1.83 bits per heavy atom. The first-order chi connectivity index (χ1) is 22.9. The molecule has 10 nitrogen and oxygen atoms in total. The summed E-state index contributed by atoms with van der Waals surface area (Å²) in [5, 5.41) is 7.33. The number of carbonyl (C=O) groups is 1. The Kier molecular flexibility index (Phi) is 9.57. The number of fused-ring (bicyclic) bond motifs is 1. The molecule has 3 fully saturated rings. The molecule has 0 atom stereocenters. The van der Waals surface area contributed by atoms with Gasteiger partial charge in [-0.2, -0.15) is 13.2 Å². The second-order valence-corrected chi connectivity index (χ2v) is 14.6. The third-order valence-electron chi connectivity index (χ3n) is 9.39. The molecular weight excluding hydrogens is 647 g/mol. The molecule has 14 heteroatoms. The van der Waals surface area contributed by atoms with Gasteiger partial charge >= 0.3 is 6.18 Å². The number of benzene rings is 2. The van der Waals surface area contributed by atoms with E-state index in [4.69, 9.17) is 9.47 Å². The molecule has 0 unspecified atom stereocenters. The zero-order valence-electron chi connectivity index (χ0n) is 27.0. The molecule has 0 bridgehead atoms. The van der Waals surface area contributed by atoms with Gasteiger partial charge in [0.1, 0.15) is 12.3 Å². The van der Waals surface area contributed by atoms with Crippen molar-refractivity contribution in [2.75, 3.05) is 50.6 Å². The number of rotatable bonds is 10. The Labute approximate surface area is 278 Å². The molecule has 1 spiro atoms. The van der Waals surface area contributed by atoms with Crippen molar-refractivity contribution in [3.05, 3.63) is 48.2 Å². The maximum atomic E-state index is 13.7. The lowest BCUT2D eigenvalue weighted by atomic mass is 9.75. The predicted octanol–water partition coefficient (Wildman–Crippen LogP) is 4.95. The standard InChI is InChI=1S/C34H40F3N5O5S/c1-3-32(43)40-48(44,45)26-13-14-29(31(17-26)46-2)38-15-5-6-25-16-27-28(7-4-8-30(27)42(25)20-34(35,36)37)39-23-9-11-24(12-10-23)41-18-33(19-41)21-47-22-33/h4,7-8,13-14,16-17,23-24,38-39H,3,9-12,15,18-22H2,1-2H3,(H,40,43)/t23-,24+. The molecule has 3 aliphatic rings. The van der Waals surface area contributed by atoms with Crippen molar-refractivity contribution in [3.8, 4) is 17.6 Å². The number of anilines is 2. The van der Waals surface area contributed by atoms with Gasteiger partial charge in [-0.15, -0.1) is 0 Å². The number of alkyl halides is 3. The van der Waals surface area contributed by atoms with Crippen molar-refractivity contribution < 1.29 is 35.9 Å². The first-order valence-corrected chi connectivity index (χ1v) is 17.6. The number of hydrogen-bond donors (Lipinski definition) is 3. The highest BCUT2D eigenvalue weighted by Gasteiger charge is 2.50. The van der Waals surface area contributed by atoms with Crippen LogP contribution in [0, 0.1) is 17.3 Å². The Balaban J connectivity index is 1.15. The number of methoxy groups -OCH3 is 1. The summed E-state index contributed by atoms with van der Waals surface area (Å²) < 4.78 is 80.1. The summed E-state index contributed by atoms with van der Waals surface area (Å²) in [5.74, 6) is 5.35. The average Bonchev–Trinajstić information content (AvgIpc) is 3.34. The molecule has 3 N–H and O–H groups in total. The van der Waals surface area contributed by atoms with Crippen molar-refractivity contribution in [3.63, 3.8) is 0 Å². The molecular formula is C34H40F3N5O5S. The zero-order valence-corrected chi connectivity index (χ0v) is 27.8. The number of likely N-dealkylation sites (tertiary alicyclic amines) is 1. The summed E-state index contributed by atoms with van der Waals surface area (Å²) in [7, 11) is -2.71. The molecule has 1 aliphatic carbocycles. The van der Waals surface area contributed by atoms with Gasteiger partial charge in [0.2, 0.25) is 5.91 Å². The number of ether oxygens (including phenoxy) is 2. The van der Waals surface area contributed by atoms with E-state index in [2.05, 4.69) is 27.4 Å². The van der Waals surface area contributed by atoms with Gasteiger partial charge in [0.05, 0.1) is 48.7 Å². The van der Waals surface area contributed by atoms with Crippen LogP contribution in [0.5, 0.6) is 5.75 Å². The predicted molar refractivity (Wildman–Crippen MR) is 176 cm³/mol. The molecule has 1 saturated carbocycles. The van der Waals surface area contributed by atoms with E-state index in [1.54, 1.807) is 18.2 Å². The lowest BCUT2D eigenvalue weighted by Crippen LogP contribution is -2.68. The summed E-state index contributed by atoms with van der Waals surface area (Å²) >= 11 is 0. The molecule has 48 heavy (non-hydrogen) atoms. The van der Waals surface area contributed by atoms with E-state index in [0.29, 0.717) is 28.0 Å². The second kappa shape index (κ2) is 13.5. The van der Waals surface area contributed by atoms with Gasteiger partial charge in [0.25, 0.3) is 10.0 Å². The molecule has 1 aromatic heterocycles. The highest BCUT2D eigenvalue weighted by Crippen LogP contribution is 2.41. The van der Waals surface area contributed by atoms with Crippen LogP contribution in [0.25, 0.3) is 10.9 Å². The smallest absolute Gasteiger partial charge is 0.406 e. The fourth-order valence-electron chi connectivity index (χ4n) is 6.86. The Hall–Kier alpha value is -3.93. The van der Waals surface area contributed by atoms with E-state index in [9.17, 15) is 26.4 Å². The molecule has 2 saturated heterocycles. The van der Waals surface area contributed by atoms with Crippen LogP contribution < -0.4 is 20.1 Å². The summed E-state index contributed by atoms with van der Waals surface area (Å²) in [6.07, 6.45) is -0.287. The van der Waals surface area contributed by atoms with Crippen molar-refractivity contribution in [1.82, 2.24) is 14.2 Å². The number of nitrogens with one attached hydrogen (secondary N) is 3.